The SMILES string of the molecule is CN(C)c1cccc(C(=O)NCc2ccc(S(=O)(=O)N3CCOCC3)s2)c1. The monoisotopic (exact) mass is 409 g/mol. The summed E-state index contributed by atoms with van der Waals surface area (Å²) in [6.45, 7) is 1.86. The van der Waals surface area contributed by atoms with Crippen molar-refractivity contribution in [2.24, 2.45) is 0 Å². The van der Waals surface area contributed by atoms with Gasteiger partial charge in [0.05, 0.1) is 19.8 Å². The van der Waals surface area contributed by atoms with Crippen molar-refractivity contribution in [3.8, 4) is 0 Å². The second-order valence-corrected chi connectivity index (χ2v) is 9.70. The molecule has 0 aliphatic carbocycles. The molecular weight excluding hydrogens is 386 g/mol. The van der Waals surface area contributed by atoms with Crippen LogP contribution in [0.5, 0.6) is 0 Å². The van der Waals surface area contributed by atoms with Crippen LogP contribution < -0.4 is 10.2 Å². The van der Waals surface area contributed by atoms with Crippen LogP contribution in [0.1, 0.15) is 15.2 Å². The lowest BCUT2D eigenvalue weighted by Crippen LogP contribution is -2.40. The molecule has 27 heavy (non-hydrogen) atoms. The average Bonchev–Trinajstić information content (AvgIpc) is 3.17. The fraction of sp³-hybridized carbons (Fsp3) is 0.389. The van der Waals surface area contributed by atoms with Crippen LogP contribution in [0.4, 0.5) is 5.69 Å². The number of thiophene rings is 1. The van der Waals surface area contributed by atoms with Crippen molar-refractivity contribution in [2.45, 2.75) is 10.8 Å². The molecule has 0 atom stereocenters. The van der Waals surface area contributed by atoms with Crippen LogP contribution >= 0.6 is 11.3 Å². The fourth-order valence-electron chi connectivity index (χ4n) is 2.70. The van der Waals surface area contributed by atoms with E-state index >= 15 is 0 Å². The molecule has 9 heteroatoms. The van der Waals surface area contributed by atoms with Gasteiger partial charge in [-0.1, -0.05) is 6.07 Å². The molecule has 1 aromatic heterocycles. The first-order valence-corrected chi connectivity index (χ1v) is 10.9. The topological polar surface area (TPSA) is 79.0 Å². The van der Waals surface area contributed by atoms with E-state index in [1.54, 1.807) is 18.2 Å². The first kappa shape index (κ1) is 19.8. The van der Waals surface area contributed by atoms with Crippen LogP contribution in [-0.2, 0) is 21.3 Å². The van der Waals surface area contributed by atoms with Crippen molar-refractivity contribution >= 4 is 33.0 Å². The zero-order valence-corrected chi connectivity index (χ0v) is 17.0. The smallest absolute Gasteiger partial charge is 0.252 e. The number of nitrogens with one attached hydrogen (secondary N) is 1. The van der Waals surface area contributed by atoms with Gasteiger partial charge >= 0.3 is 0 Å². The number of carbonyl (C=O) groups is 1. The van der Waals surface area contributed by atoms with Gasteiger partial charge in [-0.3, -0.25) is 4.79 Å². The third kappa shape index (κ3) is 4.67. The molecule has 1 amide bonds. The number of hydrogen-bond acceptors (Lipinski definition) is 6. The Morgan fingerprint density at radius 1 is 1.22 bits per heavy atom. The van der Waals surface area contributed by atoms with Gasteiger partial charge in [0.1, 0.15) is 4.21 Å². The van der Waals surface area contributed by atoms with Gasteiger partial charge in [0.15, 0.2) is 0 Å². The van der Waals surface area contributed by atoms with Gasteiger partial charge in [0, 0.05) is 43.3 Å². The van der Waals surface area contributed by atoms with E-state index in [1.165, 1.54) is 15.6 Å². The van der Waals surface area contributed by atoms with Gasteiger partial charge in [0.25, 0.3) is 15.9 Å². The second kappa shape index (κ2) is 8.39. The molecule has 0 saturated carbocycles. The lowest BCUT2D eigenvalue weighted by molar-refractivity contribution is 0.0731. The summed E-state index contributed by atoms with van der Waals surface area (Å²) in [7, 11) is 0.338. The van der Waals surface area contributed by atoms with Crippen LogP contribution in [0.25, 0.3) is 0 Å². The quantitative estimate of drug-likeness (QED) is 0.787. The van der Waals surface area contributed by atoms with Crippen molar-refractivity contribution in [1.29, 1.82) is 0 Å². The highest BCUT2D eigenvalue weighted by molar-refractivity contribution is 7.91. The standard InChI is InChI=1S/C18H23N3O4S2/c1-20(2)15-5-3-4-14(12-15)18(22)19-13-16-6-7-17(26-16)27(23,24)21-8-10-25-11-9-21/h3-7,12H,8-11,13H2,1-2H3,(H,19,22). The molecule has 0 bridgehead atoms. The van der Waals surface area contributed by atoms with Crippen LogP contribution in [0.3, 0.4) is 0 Å². The Kier molecular flexibility index (Phi) is 6.15. The number of morpholine rings is 1. The second-order valence-electron chi connectivity index (χ2n) is 6.36. The predicted molar refractivity (Wildman–Crippen MR) is 106 cm³/mol. The highest BCUT2D eigenvalue weighted by Crippen LogP contribution is 2.25. The van der Waals surface area contributed by atoms with Crippen molar-refractivity contribution < 1.29 is 17.9 Å². The minimum absolute atomic E-state index is 0.190. The molecule has 1 aliphatic rings. The molecule has 146 valence electrons. The zero-order chi connectivity index (χ0) is 19.4. The summed E-state index contributed by atoms with van der Waals surface area (Å²) in [4.78, 5) is 15.1. The Balaban J connectivity index is 1.64. The molecule has 2 aromatic rings. The van der Waals surface area contributed by atoms with Crippen LogP contribution in [0.2, 0.25) is 0 Å². The van der Waals surface area contributed by atoms with Gasteiger partial charge in [0.2, 0.25) is 0 Å². The maximum Gasteiger partial charge on any atom is 0.252 e. The Morgan fingerprint density at radius 2 is 1.96 bits per heavy atom. The summed E-state index contributed by atoms with van der Waals surface area (Å²) < 4.78 is 32.2. The molecule has 1 aromatic carbocycles. The summed E-state index contributed by atoms with van der Waals surface area (Å²) in [5.74, 6) is -0.190. The Hall–Kier alpha value is -1.94. The predicted octanol–water partition coefficient (Wildman–Crippen LogP) is 1.76. The number of benzene rings is 1. The zero-order valence-electron chi connectivity index (χ0n) is 15.3. The minimum Gasteiger partial charge on any atom is -0.379 e. The number of ether oxygens (including phenoxy) is 1. The molecular formula is C18H23N3O4S2. The van der Waals surface area contributed by atoms with Crippen molar-refractivity contribution in [1.82, 2.24) is 9.62 Å². The van der Waals surface area contributed by atoms with E-state index in [0.717, 1.165) is 10.6 Å². The molecule has 3 rings (SSSR count). The van der Waals surface area contributed by atoms with E-state index in [1.807, 2.05) is 37.2 Å². The number of anilines is 1. The van der Waals surface area contributed by atoms with Gasteiger partial charge in [-0.25, -0.2) is 8.42 Å². The average molecular weight is 410 g/mol. The normalized spacial score (nSPS) is 15.5. The van der Waals surface area contributed by atoms with Gasteiger partial charge in [-0.15, -0.1) is 11.3 Å². The maximum atomic E-state index is 12.7. The van der Waals surface area contributed by atoms with Crippen LogP contribution in [0.15, 0.2) is 40.6 Å². The first-order valence-electron chi connectivity index (χ1n) is 8.60. The third-order valence-corrected chi connectivity index (χ3v) is 7.70. The molecule has 7 nitrogen and oxygen atoms in total. The molecule has 1 aliphatic heterocycles. The summed E-state index contributed by atoms with van der Waals surface area (Å²) in [6, 6.07) is 10.7. The minimum atomic E-state index is -3.49. The van der Waals surface area contributed by atoms with Gasteiger partial charge in [-0.05, 0) is 30.3 Å². The van der Waals surface area contributed by atoms with E-state index in [2.05, 4.69) is 5.32 Å². The highest BCUT2D eigenvalue weighted by Gasteiger charge is 2.27. The molecule has 1 fully saturated rings. The number of nitrogens with zero attached hydrogens (tertiary/aromatic N) is 2. The lowest BCUT2D eigenvalue weighted by Gasteiger charge is -2.25. The van der Waals surface area contributed by atoms with Crippen molar-refractivity contribution in [3.05, 3.63) is 46.8 Å². The number of sulfonamides is 1. The Morgan fingerprint density at radius 3 is 2.67 bits per heavy atom. The summed E-state index contributed by atoms with van der Waals surface area (Å²) in [5, 5.41) is 2.85. The fourth-order valence-corrected chi connectivity index (χ4v) is 5.56. The first-order chi connectivity index (χ1) is 12.9. The molecule has 2 heterocycles. The summed E-state index contributed by atoms with van der Waals surface area (Å²) in [5.41, 5.74) is 1.51. The van der Waals surface area contributed by atoms with Crippen LogP contribution in [-0.4, -0.2) is 59.0 Å². The van der Waals surface area contributed by atoms with E-state index in [0.29, 0.717) is 36.1 Å². The Labute approximate surface area is 163 Å². The van der Waals surface area contributed by atoms with E-state index < -0.39 is 10.0 Å². The molecule has 0 spiro atoms. The molecule has 1 N–H and O–H groups in total. The third-order valence-electron chi connectivity index (χ3n) is 4.25. The highest BCUT2D eigenvalue weighted by atomic mass is 32.2. The van der Waals surface area contributed by atoms with Gasteiger partial charge < -0.3 is 15.0 Å². The number of carbonyl (C=O) groups excluding carboxylic acids is 1. The van der Waals surface area contributed by atoms with E-state index in [-0.39, 0.29) is 12.5 Å². The Bertz CT molecular complexity index is 903. The molecule has 0 radical (unpaired) electrons. The summed E-state index contributed by atoms with van der Waals surface area (Å²) in [6.07, 6.45) is 0. The number of hydrogen-bond donors (Lipinski definition) is 1. The van der Waals surface area contributed by atoms with E-state index in [9.17, 15) is 13.2 Å². The molecule has 1 saturated heterocycles. The largest absolute Gasteiger partial charge is 0.379 e. The van der Waals surface area contributed by atoms with E-state index in [4.69, 9.17) is 4.74 Å². The maximum absolute atomic E-state index is 12.7. The summed E-state index contributed by atoms with van der Waals surface area (Å²) >= 11 is 1.19. The lowest BCUT2D eigenvalue weighted by atomic mass is 10.2. The number of amides is 1. The number of rotatable bonds is 6. The van der Waals surface area contributed by atoms with Crippen molar-refractivity contribution in [3.63, 3.8) is 0 Å². The van der Waals surface area contributed by atoms with Gasteiger partial charge in [-0.2, -0.15) is 4.31 Å². The molecule has 0 unspecified atom stereocenters. The van der Waals surface area contributed by atoms with Crippen LogP contribution in [0, 0.1) is 0 Å². The van der Waals surface area contributed by atoms with Crippen molar-refractivity contribution in [2.75, 3.05) is 45.3 Å².